The number of anilines is 1. The number of nitrogens with one attached hydrogen (secondary N) is 2. The van der Waals surface area contributed by atoms with Crippen molar-refractivity contribution in [3.63, 3.8) is 0 Å². The lowest BCUT2D eigenvalue weighted by atomic mass is 10.1. The predicted octanol–water partition coefficient (Wildman–Crippen LogP) is 0.546. The van der Waals surface area contributed by atoms with Gasteiger partial charge >= 0.3 is 0 Å². The molecule has 1 amide bonds. The second-order valence-electron chi connectivity index (χ2n) is 4.93. The van der Waals surface area contributed by atoms with E-state index in [1.54, 1.807) is 17.0 Å². The average molecular weight is 252 g/mol. The number of hydrogen-bond donors (Lipinski definition) is 2. The first-order chi connectivity index (χ1) is 8.36. The van der Waals surface area contributed by atoms with Gasteiger partial charge in [-0.25, -0.2) is 4.98 Å². The van der Waals surface area contributed by atoms with E-state index in [0.29, 0.717) is 6.54 Å². The molecule has 1 heterocycles. The number of carbonyl (C=O) groups is 1. The van der Waals surface area contributed by atoms with Gasteiger partial charge in [-0.1, -0.05) is 0 Å². The van der Waals surface area contributed by atoms with Crippen molar-refractivity contribution in [1.29, 1.82) is 0 Å². The Morgan fingerprint density at radius 1 is 1.44 bits per heavy atom. The Labute approximate surface area is 106 Å². The van der Waals surface area contributed by atoms with Gasteiger partial charge in [-0.2, -0.15) is 0 Å². The first-order valence-electron chi connectivity index (χ1n) is 5.95. The molecular formula is C12H20N4O2. The molecule has 0 spiro atoms. The summed E-state index contributed by atoms with van der Waals surface area (Å²) in [7, 11) is 0. The molecule has 6 heteroatoms. The van der Waals surface area contributed by atoms with Gasteiger partial charge < -0.3 is 15.2 Å². The number of likely N-dealkylation sites (N-methyl/N-ethyl adjacent to an activating group) is 1. The molecule has 6 nitrogen and oxygen atoms in total. The molecular weight excluding hydrogens is 232 g/mol. The van der Waals surface area contributed by atoms with Gasteiger partial charge in [0.05, 0.1) is 6.54 Å². The van der Waals surface area contributed by atoms with Gasteiger partial charge in [0.2, 0.25) is 5.91 Å². The Kier molecular flexibility index (Phi) is 4.47. The maximum atomic E-state index is 12.1. The molecule has 0 radical (unpaired) electrons. The maximum Gasteiger partial charge on any atom is 0.293 e. The van der Waals surface area contributed by atoms with E-state index in [1.807, 2.05) is 27.7 Å². The lowest BCUT2D eigenvalue weighted by Crippen LogP contribution is -2.37. The highest BCUT2D eigenvalue weighted by Crippen LogP contribution is 2.10. The van der Waals surface area contributed by atoms with Crippen molar-refractivity contribution in [2.75, 3.05) is 18.4 Å². The summed E-state index contributed by atoms with van der Waals surface area (Å²) < 4.78 is 1.58. The summed E-state index contributed by atoms with van der Waals surface area (Å²) in [5.41, 5.74) is -0.545. The van der Waals surface area contributed by atoms with Gasteiger partial charge in [-0.15, -0.1) is 0 Å². The number of rotatable bonds is 4. The van der Waals surface area contributed by atoms with Crippen LogP contribution in [0, 0.1) is 0 Å². The highest BCUT2D eigenvalue weighted by molar-refractivity contribution is 5.80. The van der Waals surface area contributed by atoms with Crippen LogP contribution in [0.3, 0.4) is 0 Å². The standard InChI is InChI=1S/C12H20N4O2/c1-5-13-9(17)8-15-10-11(18)16(7-6-14-10)12(2,3)4/h6-7H,5,8H2,1-4H3,(H,13,17)(H,14,15). The van der Waals surface area contributed by atoms with E-state index in [1.165, 1.54) is 0 Å². The molecule has 0 aliphatic carbocycles. The third-order valence-electron chi connectivity index (χ3n) is 2.35. The average Bonchev–Trinajstić information content (AvgIpc) is 2.26. The van der Waals surface area contributed by atoms with Crippen LogP contribution in [-0.2, 0) is 10.3 Å². The number of carbonyl (C=O) groups excluding carboxylic acids is 1. The zero-order valence-corrected chi connectivity index (χ0v) is 11.3. The minimum Gasteiger partial charge on any atom is -0.356 e. The van der Waals surface area contributed by atoms with Gasteiger partial charge in [0.1, 0.15) is 0 Å². The minimum absolute atomic E-state index is 0.0459. The number of hydrogen-bond acceptors (Lipinski definition) is 4. The molecule has 0 fully saturated rings. The molecule has 1 rings (SSSR count). The van der Waals surface area contributed by atoms with E-state index >= 15 is 0 Å². The topological polar surface area (TPSA) is 76.0 Å². The Morgan fingerprint density at radius 3 is 2.67 bits per heavy atom. The quantitative estimate of drug-likeness (QED) is 0.820. The highest BCUT2D eigenvalue weighted by Gasteiger charge is 2.16. The van der Waals surface area contributed by atoms with Crippen LogP contribution < -0.4 is 16.2 Å². The largest absolute Gasteiger partial charge is 0.356 e. The summed E-state index contributed by atoms with van der Waals surface area (Å²) in [6.45, 7) is 8.25. The van der Waals surface area contributed by atoms with Crippen LogP contribution in [0.4, 0.5) is 5.82 Å². The van der Waals surface area contributed by atoms with E-state index < -0.39 is 0 Å². The lowest BCUT2D eigenvalue weighted by molar-refractivity contribution is -0.119. The van der Waals surface area contributed by atoms with Crippen LogP contribution in [-0.4, -0.2) is 28.5 Å². The fourth-order valence-electron chi connectivity index (χ4n) is 1.48. The number of aromatic nitrogens is 2. The Hall–Kier alpha value is -1.85. The van der Waals surface area contributed by atoms with Crippen molar-refractivity contribution in [2.45, 2.75) is 33.2 Å². The maximum absolute atomic E-state index is 12.1. The normalized spacial score (nSPS) is 11.1. The van der Waals surface area contributed by atoms with Crippen LogP contribution in [0.15, 0.2) is 17.2 Å². The third kappa shape index (κ3) is 3.58. The van der Waals surface area contributed by atoms with E-state index in [4.69, 9.17) is 0 Å². The SMILES string of the molecule is CCNC(=O)CNc1nccn(C(C)(C)C)c1=O. The van der Waals surface area contributed by atoms with Crippen molar-refractivity contribution < 1.29 is 4.79 Å². The van der Waals surface area contributed by atoms with E-state index in [9.17, 15) is 9.59 Å². The summed E-state index contributed by atoms with van der Waals surface area (Å²) in [6.07, 6.45) is 3.19. The molecule has 0 unspecified atom stereocenters. The van der Waals surface area contributed by atoms with Crippen molar-refractivity contribution in [3.8, 4) is 0 Å². The number of amides is 1. The van der Waals surface area contributed by atoms with Crippen molar-refractivity contribution >= 4 is 11.7 Å². The molecule has 1 aromatic rings. The Morgan fingerprint density at radius 2 is 2.11 bits per heavy atom. The first-order valence-corrected chi connectivity index (χ1v) is 5.95. The van der Waals surface area contributed by atoms with E-state index in [-0.39, 0.29) is 29.4 Å². The smallest absolute Gasteiger partial charge is 0.293 e. The zero-order valence-electron chi connectivity index (χ0n) is 11.3. The van der Waals surface area contributed by atoms with Crippen molar-refractivity contribution in [2.24, 2.45) is 0 Å². The van der Waals surface area contributed by atoms with Gasteiger partial charge in [-0.05, 0) is 27.7 Å². The van der Waals surface area contributed by atoms with E-state index in [0.717, 1.165) is 0 Å². The van der Waals surface area contributed by atoms with Gasteiger partial charge in [-0.3, -0.25) is 9.59 Å². The van der Waals surface area contributed by atoms with Crippen molar-refractivity contribution in [3.05, 3.63) is 22.7 Å². The van der Waals surface area contributed by atoms with Crippen LogP contribution >= 0.6 is 0 Å². The molecule has 0 atom stereocenters. The molecule has 18 heavy (non-hydrogen) atoms. The second kappa shape index (κ2) is 5.66. The molecule has 0 saturated carbocycles. The highest BCUT2D eigenvalue weighted by atomic mass is 16.2. The number of nitrogens with zero attached hydrogens (tertiary/aromatic N) is 2. The Bertz CT molecular complexity index is 474. The third-order valence-corrected chi connectivity index (χ3v) is 2.35. The molecule has 0 aromatic carbocycles. The van der Waals surface area contributed by atoms with Crippen molar-refractivity contribution in [1.82, 2.24) is 14.9 Å². The van der Waals surface area contributed by atoms with E-state index in [2.05, 4.69) is 15.6 Å². The monoisotopic (exact) mass is 252 g/mol. The van der Waals surface area contributed by atoms with Gasteiger partial charge in [0.25, 0.3) is 5.56 Å². The van der Waals surface area contributed by atoms with Gasteiger partial charge in [0.15, 0.2) is 5.82 Å². The summed E-state index contributed by atoms with van der Waals surface area (Å²) in [6, 6.07) is 0. The first kappa shape index (κ1) is 14.2. The fraction of sp³-hybridized carbons (Fsp3) is 0.583. The summed E-state index contributed by atoms with van der Waals surface area (Å²) in [5.74, 6) is 0.0311. The van der Waals surface area contributed by atoms with Crippen LogP contribution in [0.5, 0.6) is 0 Å². The summed E-state index contributed by atoms with van der Waals surface area (Å²) >= 11 is 0. The molecule has 0 bridgehead atoms. The lowest BCUT2D eigenvalue weighted by Gasteiger charge is -2.22. The molecule has 0 aliphatic rings. The zero-order chi connectivity index (χ0) is 13.8. The molecule has 0 aliphatic heterocycles. The van der Waals surface area contributed by atoms with Crippen LogP contribution in [0.25, 0.3) is 0 Å². The minimum atomic E-state index is -0.317. The molecule has 2 N–H and O–H groups in total. The van der Waals surface area contributed by atoms with Crippen LogP contribution in [0.2, 0.25) is 0 Å². The molecule has 0 saturated heterocycles. The summed E-state index contributed by atoms with van der Waals surface area (Å²) in [5, 5.41) is 5.40. The Balaban J connectivity index is 2.86. The molecule has 100 valence electrons. The fourth-order valence-corrected chi connectivity index (χ4v) is 1.48. The predicted molar refractivity (Wildman–Crippen MR) is 70.7 cm³/mol. The molecule has 1 aromatic heterocycles. The second-order valence-corrected chi connectivity index (χ2v) is 4.93. The summed E-state index contributed by atoms with van der Waals surface area (Å²) in [4.78, 5) is 27.4. The van der Waals surface area contributed by atoms with Crippen LogP contribution in [0.1, 0.15) is 27.7 Å². The van der Waals surface area contributed by atoms with Gasteiger partial charge in [0, 0.05) is 24.5 Å².